The molecule has 0 spiro atoms. The Morgan fingerprint density at radius 2 is 1.32 bits per heavy atom. The topological polar surface area (TPSA) is 210 Å². The van der Waals surface area contributed by atoms with Gasteiger partial charge in [0.1, 0.15) is 46.7 Å². The van der Waals surface area contributed by atoms with Gasteiger partial charge in [-0.05, 0) is 35.4 Å². The molecule has 4 aromatic rings. The van der Waals surface area contributed by atoms with Gasteiger partial charge in [0, 0.05) is 41.3 Å². The fourth-order valence-electron chi connectivity index (χ4n) is 5.88. The van der Waals surface area contributed by atoms with Crippen LogP contribution in [0.25, 0.3) is 0 Å². The largest absolute Gasteiger partial charge is 0.508 e. The maximum Gasteiger partial charge on any atom is 0.157 e. The molecule has 0 fully saturated rings. The minimum Gasteiger partial charge on any atom is -0.508 e. The molecule has 12 nitrogen and oxygen atoms in total. The van der Waals surface area contributed by atoms with E-state index in [-0.39, 0.29) is 68.7 Å². The van der Waals surface area contributed by atoms with Gasteiger partial charge in [0.05, 0.1) is 18.3 Å². The smallest absolute Gasteiger partial charge is 0.157 e. The van der Waals surface area contributed by atoms with Crippen molar-refractivity contribution in [3.8, 4) is 57.5 Å². The van der Waals surface area contributed by atoms with Crippen LogP contribution in [0.3, 0.4) is 0 Å². The van der Waals surface area contributed by atoms with E-state index in [0.717, 1.165) is 12.3 Å². The first kappa shape index (κ1) is 28.6. The second-order valence-electron chi connectivity index (χ2n) is 10.6. The quantitative estimate of drug-likeness (QED) is 0.118. The van der Waals surface area contributed by atoms with Crippen LogP contribution in [0, 0.1) is 0 Å². The molecule has 0 bridgehead atoms. The maximum atomic E-state index is 11.9. The number of ether oxygens (including phenoxy) is 3. The number of fused-ring (bicyclic) bond motifs is 2. The summed E-state index contributed by atoms with van der Waals surface area (Å²) in [5.74, 6) is -4.13. The normalized spacial score (nSPS) is 22.2. The molecule has 2 heterocycles. The van der Waals surface area contributed by atoms with E-state index in [1.165, 1.54) is 48.5 Å². The number of hydrogen-bond acceptors (Lipinski definition) is 12. The molecule has 2 aliphatic heterocycles. The molecule has 0 amide bonds. The van der Waals surface area contributed by atoms with E-state index in [2.05, 4.69) is 6.58 Å². The van der Waals surface area contributed by atoms with Crippen LogP contribution in [0.2, 0.25) is 0 Å². The van der Waals surface area contributed by atoms with Gasteiger partial charge in [0.2, 0.25) is 0 Å². The van der Waals surface area contributed by atoms with Crippen molar-refractivity contribution in [2.75, 3.05) is 0 Å². The molecule has 0 aliphatic carbocycles. The Labute approximate surface area is 249 Å². The van der Waals surface area contributed by atoms with Crippen molar-refractivity contribution in [3.63, 3.8) is 0 Å². The summed E-state index contributed by atoms with van der Waals surface area (Å²) in [4.78, 5) is 0. The monoisotopic (exact) mass is 604 g/mol. The lowest BCUT2D eigenvalue weighted by Gasteiger charge is -2.40. The molecule has 44 heavy (non-hydrogen) atoms. The Hall–Kier alpha value is -5.46. The van der Waals surface area contributed by atoms with E-state index in [4.69, 9.17) is 14.2 Å². The fraction of sp³-hybridized carbons (Fsp3) is 0.188. The summed E-state index contributed by atoms with van der Waals surface area (Å²) < 4.78 is 17.9. The molecule has 0 aromatic heterocycles. The second kappa shape index (κ2) is 10.7. The number of phenols is 7. The van der Waals surface area contributed by atoms with E-state index < -0.39 is 53.3 Å². The highest BCUT2D eigenvalue weighted by atomic mass is 16.5. The van der Waals surface area contributed by atoms with Gasteiger partial charge in [0.15, 0.2) is 29.1 Å². The highest BCUT2D eigenvalue weighted by molar-refractivity contribution is 5.66. The van der Waals surface area contributed by atoms with Crippen molar-refractivity contribution in [2.45, 2.75) is 36.8 Å². The van der Waals surface area contributed by atoms with Crippen LogP contribution >= 0.6 is 0 Å². The van der Waals surface area contributed by atoms with Crippen LogP contribution in [0.5, 0.6) is 57.5 Å². The molecule has 228 valence electrons. The average molecular weight is 605 g/mol. The first-order chi connectivity index (χ1) is 21.0. The molecule has 6 rings (SSSR count). The Morgan fingerprint density at radius 3 is 1.93 bits per heavy atom. The molecule has 0 saturated carbocycles. The Bertz CT molecular complexity index is 1780. The zero-order chi connectivity index (χ0) is 31.4. The highest BCUT2D eigenvalue weighted by Crippen LogP contribution is 2.57. The average Bonchev–Trinajstić information content (AvgIpc) is 2.97. The van der Waals surface area contributed by atoms with Crippen molar-refractivity contribution in [1.82, 2.24) is 0 Å². The summed E-state index contributed by atoms with van der Waals surface area (Å²) in [5.41, 5.74) is 0.777. The number of aromatic hydroxyl groups is 7. The lowest BCUT2D eigenvalue weighted by molar-refractivity contribution is 0.00126. The van der Waals surface area contributed by atoms with Gasteiger partial charge >= 0.3 is 0 Å². The standard InChI is InChI=1S/C32H28O12/c1-2-42-24-9-15(33)10-25-27(24)28(29(41)31(43-25)14-4-6-18(35)21(38)8-14)26-22(39)12-19(36)16-11-23(40)30(44-32(16)26)13-3-5-17(34)20(37)7-13/h2-10,12,23,28-31,33-41H,1,11H2. The molecule has 0 radical (unpaired) electrons. The summed E-state index contributed by atoms with van der Waals surface area (Å²) in [7, 11) is 0. The summed E-state index contributed by atoms with van der Waals surface area (Å²) in [5, 5.41) is 95.5. The van der Waals surface area contributed by atoms with Gasteiger partial charge in [-0.3, -0.25) is 0 Å². The van der Waals surface area contributed by atoms with Gasteiger partial charge in [-0.2, -0.15) is 0 Å². The lowest BCUT2D eigenvalue weighted by atomic mass is 9.77. The summed E-state index contributed by atoms with van der Waals surface area (Å²) in [6.45, 7) is 3.56. The molecule has 12 heteroatoms. The van der Waals surface area contributed by atoms with Gasteiger partial charge in [-0.15, -0.1) is 0 Å². The third kappa shape index (κ3) is 4.66. The summed E-state index contributed by atoms with van der Waals surface area (Å²) in [6, 6.07) is 11.3. The molecular weight excluding hydrogens is 576 g/mol. The molecule has 4 aromatic carbocycles. The second-order valence-corrected chi connectivity index (χ2v) is 10.6. The third-order valence-electron chi connectivity index (χ3n) is 7.87. The number of phenolic OH excluding ortho intramolecular Hbond substituents is 7. The minimum absolute atomic E-state index is 0.0168. The fourth-order valence-corrected chi connectivity index (χ4v) is 5.88. The zero-order valence-corrected chi connectivity index (χ0v) is 22.8. The molecule has 5 unspecified atom stereocenters. The van der Waals surface area contributed by atoms with Crippen molar-refractivity contribution in [3.05, 3.63) is 95.3 Å². The Kier molecular flexibility index (Phi) is 6.95. The van der Waals surface area contributed by atoms with Crippen LogP contribution in [0.4, 0.5) is 0 Å². The predicted octanol–water partition coefficient (Wildman–Crippen LogP) is 3.81. The summed E-state index contributed by atoms with van der Waals surface area (Å²) >= 11 is 0. The van der Waals surface area contributed by atoms with Crippen molar-refractivity contribution in [1.29, 1.82) is 0 Å². The first-order valence-electron chi connectivity index (χ1n) is 13.4. The Morgan fingerprint density at radius 1 is 0.682 bits per heavy atom. The minimum atomic E-state index is -1.55. The van der Waals surface area contributed by atoms with E-state index in [1.54, 1.807) is 0 Å². The predicted molar refractivity (Wildman–Crippen MR) is 153 cm³/mol. The third-order valence-corrected chi connectivity index (χ3v) is 7.87. The molecule has 0 saturated heterocycles. The first-order valence-corrected chi connectivity index (χ1v) is 13.4. The van der Waals surface area contributed by atoms with Crippen molar-refractivity contribution < 1.29 is 60.2 Å². The molecule has 5 atom stereocenters. The van der Waals surface area contributed by atoms with Gasteiger partial charge in [-0.25, -0.2) is 0 Å². The lowest BCUT2D eigenvalue weighted by Crippen LogP contribution is -2.37. The zero-order valence-electron chi connectivity index (χ0n) is 22.8. The van der Waals surface area contributed by atoms with Crippen molar-refractivity contribution >= 4 is 0 Å². The Balaban J connectivity index is 1.58. The van der Waals surface area contributed by atoms with Crippen LogP contribution in [0.15, 0.2) is 67.4 Å². The number of aliphatic hydroxyl groups is 2. The number of rotatable bonds is 5. The molecule has 2 aliphatic rings. The van der Waals surface area contributed by atoms with E-state index in [1.807, 2.05) is 0 Å². The number of hydrogen-bond donors (Lipinski definition) is 9. The van der Waals surface area contributed by atoms with Crippen LogP contribution in [0.1, 0.15) is 45.9 Å². The van der Waals surface area contributed by atoms with E-state index in [0.29, 0.717) is 0 Å². The van der Waals surface area contributed by atoms with Crippen LogP contribution in [-0.4, -0.2) is 58.2 Å². The SMILES string of the molecule is C=COc1cc(O)cc2c1C(c1c(O)cc(O)c3c1OC(c1ccc(O)c(O)c1)C(O)C3)C(O)C(c1ccc(O)c(O)c1)O2. The van der Waals surface area contributed by atoms with Gasteiger partial charge < -0.3 is 60.2 Å². The van der Waals surface area contributed by atoms with E-state index in [9.17, 15) is 46.0 Å². The maximum absolute atomic E-state index is 11.9. The molecular formula is C32H28O12. The van der Waals surface area contributed by atoms with Crippen LogP contribution in [-0.2, 0) is 6.42 Å². The van der Waals surface area contributed by atoms with Crippen LogP contribution < -0.4 is 14.2 Å². The molecule has 9 N–H and O–H groups in total. The number of benzene rings is 4. The van der Waals surface area contributed by atoms with Gasteiger partial charge in [-0.1, -0.05) is 18.7 Å². The summed E-state index contributed by atoms with van der Waals surface area (Å²) in [6.07, 6.45) is -4.22. The highest BCUT2D eigenvalue weighted by Gasteiger charge is 2.46. The number of aliphatic hydroxyl groups excluding tert-OH is 2. The van der Waals surface area contributed by atoms with Crippen molar-refractivity contribution in [2.24, 2.45) is 0 Å². The van der Waals surface area contributed by atoms with E-state index >= 15 is 0 Å². The van der Waals surface area contributed by atoms with Gasteiger partial charge in [0.25, 0.3) is 0 Å².